The Hall–Kier alpha value is -2.32. The molecule has 0 atom stereocenters. The number of carboxylic acids is 1. The number of carbonyl (C=O) groups is 2. The number of nitrogens with zero attached hydrogens (tertiary/aromatic N) is 1. The lowest BCUT2D eigenvalue weighted by atomic mass is 9.82. The first kappa shape index (κ1) is 18.1. The zero-order chi connectivity index (χ0) is 19.2. The number of piperidine rings is 1. The average molecular weight is 393 g/mol. The SMILES string of the molecule is O=C(O)c1cc2c(s1)CCOC21CCN(C(=O)c2cccc(F)c2F)CC1. The molecule has 5 nitrogen and oxygen atoms in total. The average Bonchev–Trinajstić information content (AvgIpc) is 3.11. The molecule has 2 aliphatic rings. The van der Waals surface area contributed by atoms with Crippen molar-refractivity contribution in [3.63, 3.8) is 0 Å². The lowest BCUT2D eigenvalue weighted by Gasteiger charge is -2.44. The molecule has 0 saturated carbocycles. The van der Waals surface area contributed by atoms with Gasteiger partial charge < -0.3 is 14.7 Å². The van der Waals surface area contributed by atoms with Crippen molar-refractivity contribution in [3.05, 3.63) is 56.8 Å². The third-order valence-electron chi connectivity index (χ3n) is 5.26. The van der Waals surface area contributed by atoms with Crippen LogP contribution in [0.2, 0.25) is 0 Å². The minimum absolute atomic E-state index is 0.278. The molecule has 142 valence electrons. The molecule has 4 rings (SSSR count). The van der Waals surface area contributed by atoms with Gasteiger partial charge in [0.15, 0.2) is 11.6 Å². The summed E-state index contributed by atoms with van der Waals surface area (Å²) >= 11 is 1.27. The third-order valence-corrected chi connectivity index (χ3v) is 6.44. The number of aromatic carboxylic acids is 1. The van der Waals surface area contributed by atoms with Crippen LogP contribution in [0, 0.1) is 11.6 Å². The van der Waals surface area contributed by atoms with E-state index in [9.17, 15) is 23.5 Å². The summed E-state index contributed by atoms with van der Waals surface area (Å²) in [6.45, 7) is 1.15. The number of halogens is 2. The Morgan fingerprint density at radius 1 is 1.22 bits per heavy atom. The van der Waals surface area contributed by atoms with Gasteiger partial charge in [0.25, 0.3) is 5.91 Å². The molecular weight excluding hydrogens is 376 g/mol. The topological polar surface area (TPSA) is 66.8 Å². The first-order valence-electron chi connectivity index (χ1n) is 8.65. The van der Waals surface area contributed by atoms with E-state index in [1.54, 1.807) is 6.07 Å². The van der Waals surface area contributed by atoms with E-state index < -0.39 is 29.1 Å². The monoisotopic (exact) mass is 393 g/mol. The summed E-state index contributed by atoms with van der Waals surface area (Å²) in [5.41, 5.74) is -0.00484. The zero-order valence-electron chi connectivity index (χ0n) is 14.3. The molecule has 0 aliphatic carbocycles. The van der Waals surface area contributed by atoms with Crippen LogP contribution in [0.4, 0.5) is 8.78 Å². The molecule has 27 heavy (non-hydrogen) atoms. The summed E-state index contributed by atoms with van der Waals surface area (Å²) in [6.07, 6.45) is 1.64. The summed E-state index contributed by atoms with van der Waals surface area (Å²) in [4.78, 5) is 26.7. The number of hydrogen-bond acceptors (Lipinski definition) is 4. The summed E-state index contributed by atoms with van der Waals surface area (Å²) in [5, 5.41) is 9.26. The van der Waals surface area contributed by atoms with Gasteiger partial charge in [0.05, 0.1) is 17.8 Å². The Labute approximate surface area is 158 Å². The number of hydrogen-bond donors (Lipinski definition) is 1. The first-order valence-corrected chi connectivity index (χ1v) is 9.47. The standard InChI is InChI=1S/C19H17F2NO4S/c20-13-3-1-2-11(16(13)21)17(23)22-7-5-19(6-8-22)12-10-15(18(24)25)27-14(12)4-9-26-19/h1-3,10H,4-9H2,(H,24,25). The minimum Gasteiger partial charge on any atom is -0.477 e. The van der Waals surface area contributed by atoms with E-state index >= 15 is 0 Å². The molecule has 2 aliphatic heterocycles. The molecule has 0 bridgehead atoms. The van der Waals surface area contributed by atoms with Crippen molar-refractivity contribution in [3.8, 4) is 0 Å². The Bertz CT molecular complexity index is 918. The summed E-state index contributed by atoms with van der Waals surface area (Å²) in [5.74, 6) is -3.69. The summed E-state index contributed by atoms with van der Waals surface area (Å²) in [7, 11) is 0. The molecule has 1 amide bonds. The molecule has 8 heteroatoms. The first-order chi connectivity index (χ1) is 12.9. The van der Waals surface area contributed by atoms with Crippen LogP contribution >= 0.6 is 11.3 Å². The molecule has 0 unspecified atom stereocenters. The summed E-state index contributed by atoms with van der Waals surface area (Å²) in [6, 6.07) is 5.24. The van der Waals surface area contributed by atoms with Gasteiger partial charge in [-0.3, -0.25) is 4.79 Å². The summed E-state index contributed by atoms with van der Waals surface area (Å²) < 4.78 is 33.4. The van der Waals surface area contributed by atoms with E-state index in [0.717, 1.165) is 16.5 Å². The highest BCUT2D eigenvalue weighted by atomic mass is 32.1. The van der Waals surface area contributed by atoms with E-state index in [1.807, 2.05) is 0 Å². The normalized spacial score (nSPS) is 18.4. The van der Waals surface area contributed by atoms with E-state index in [1.165, 1.54) is 28.4 Å². The van der Waals surface area contributed by atoms with Gasteiger partial charge in [-0.15, -0.1) is 11.3 Å². The third kappa shape index (κ3) is 3.02. The van der Waals surface area contributed by atoms with Gasteiger partial charge in [0, 0.05) is 24.4 Å². The number of amides is 1. The zero-order valence-corrected chi connectivity index (χ0v) is 15.2. The molecule has 3 heterocycles. The molecule has 1 spiro atoms. The molecule has 1 saturated heterocycles. The van der Waals surface area contributed by atoms with Crippen molar-refractivity contribution in [1.29, 1.82) is 0 Å². The van der Waals surface area contributed by atoms with Crippen LogP contribution in [0.3, 0.4) is 0 Å². The Kier molecular flexibility index (Phi) is 4.47. The van der Waals surface area contributed by atoms with E-state index in [4.69, 9.17) is 4.74 Å². The van der Waals surface area contributed by atoms with Crippen molar-refractivity contribution in [2.24, 2.45) is 0 Å². The lowest BCUT2D eigenvalue weighted by Crippen LogP contribution is -2.48. The van der Waals surface area contributed by atoms with Crippen LogP contribution < -0.4 is 0 Å². The maximum absolute atomic E-state index is 13.9. The van der Waals surface area contributed by atoms with Gasteiger partial charge in [-0.05, 0) is 36.6 Å². The number of carboxylic acid groups (broad SMARTS) is 1. The van der Waals surface area contributed by atoms with Crippen molar-refractivity contribution < 1.29 is 28.2 Å². The maximum Gasteiger partial charge on any atom is 0.345 e. The van der Waals surface area contributed by atoms with E-state index in [-0.39, 0.29) is 10.4 Å². The minimum atomic E-state index is -1.14. The molecule has 1 aromatic carbocycles. The Balaban J connectivity index is 1.55. The quantitative estimate of drug-likeness (QED) is 0.849. The number of rotatable bonds is 2. The van der Waals surface area contributed by atoms with Gasteiger partial charge in [-0.2, -0.15) is 0 Å². The predicted octanol–water partition coefficient (Wildman–Crippen LogP) is 3.43. The van der Waals surface area contributed by atoms with Crippen LogP contribution in [-0.2, 0) is 16.8 Å². The Morgan fingerprint density at radius 3 is 2.67 bits per heavy atom. The van der Waals surface area contributed by atoms with Crippen LogP contribution in [-0.4, -0.2) is 41.6 Å². The van der Waals surface area contributed by atoms with Gasteiger partial charge in [-0.1, -0.05) is 6.07 Å². The number of carbonyl (C=O) groups excluding carboxylic acids is 1. The molecule has 0 radical (unpaired) electrons. The number of thiophene rings is 1. The second-order valence-corrected chi connectivity index (χ2v) is 7.88. The number of ether oxygens (including phenoxy) is 1. The van der Waals surface area contributed by atoms with E-state index in [2.05, 4.69) is 0 Å². The van der Waals surface area contributed by atoms with Crippen molar-refractivity contribution >= 4 is 23.2 Å². The second kappa shape index (κ2) is 6.69. The smallest absolute Gasteiger partial charge is 0.345 e. The molecule has 1 aromatic heterocycles. The highest BCUT2D eigenvalue weighted by Crippen LogP contribution is 2.44. The van der Waals surface area contributed by atoms with Crippen LogP contribution in [0.15, 0.2) is 24.3 Å². The predicted molar refractivity (Wildman–Crippen MR) is 94.1 cm³/mol. The van der Waals surface area contributed by atoms with Crippen molar-refractivity contribution in [2.45, 2.75) is 24.9 Å². The molecule has 2 aromatic rings. The van der Waals surface area contributed by atoms with Gasteiger partial charge in [0.2, 0.25) is 0 Å². The maximum atomic E-state index is 13.9. The fourth-order valence-corrected chi connectivity index (χ4v) is 4.92. The Morgan fingerprint density at radius 2 is 1.96 bits per heavy atom. The lowest BCUT2D eigenvalue weighted by molar-refractivity contribution is -0.0926. The van der Waals surface area contributed by atoms with Crippen LogP contribution in [0.1, 0.15) is 43.3 Å². The highest BCUT2D eigenvalue weighted by Gasteiger charge is 2.43. The largest absolute Gasteiger partial charge is 0.477 e. The van der Waals surface area contributed by atoms with Crippen molar-refractivity contribution in [2.75, 3.05) is 19.7 Å². The van der Waals surface area contributed by atoms with Crippen molar-refractivity contribution in [1.82, 2.24) is 4.90 Å². The number of fused-ring (bicyclic) bond motifs is 2. The fraction of sp³-hybridized carbons (Fsp3) is 0.368. The fourth-order valence-electron chi connectivity index (χ4n) is 3.85. The highest BCUT2D eigenvalue weighted by molar-refractivity contribution is 7.14. The number of likely N-dealkylation sites (tertiary alicyclic amines) is 1. The van der Waals surface area contributed by atoms with Gasteiger partial charge in [-0.25, -0.2) is 13.6 Å². The number of benzene rings is 1. The van der Waals surface area contributed by atoms with Crippen LogP contribution in [0.25, 0.3) is 0 Å². The van der Waals surface area contributed by atoms with E-state index in [0.29, 0.717) is 39.0 Å². The van der Waals surface area contributed by atoms with Gasteiger partial charge >= 0.3 is 5.97 Å². The molecule has 1 N–H and O–H groups in total. The second-order valence-electron chi connectivity index (χ2n) is 6.74. The molecule has 1 fully saturated rings. The molecular formula is C19H17F2NO4S. The van der Waals surface area contributed by atoms with Crippen LogP contribution in [0.5, 0.6) is 0 Å². The van der Waals surface area contributed by atoms with Gasteiger partial charge in [0.1, 0.15) is 4.88 Å².